The SMILES string of the molecule is CCCc1nc(=S)n(C)[nH]1. The van der Waals surface area contributed by atoms with E-state index in [1.807, 2.05) is 7.05 Å². The van der Waals surface area contributed by atoms with Gasteiger partial charge in [0, 0.05) is 13.5 Å². The molecule has 0 amide bonds. The average molecular weight is 157 g/mol. The molecule has 0 spiro atoms. The van der Waals surface area contributed by atoms with Crippen LogP contribution in [0.1, 0.15) is 19.2 Å². The maximum Gasteiger partial charge on any atom is 0.215 e. The molecule has 0 fully saturated rings. The van der Waals surface area contributed by atoms with Gasteiger partial charge in [-0.25, -0.2) is 4.98 Å². The molecule has 1 aromatic rings. The molecule has 10 heavy (non-hydrogen) atoms. The highest BCUT2D eigenvalue weighted by molar-refractivity contribution is 7.71. The van der Waals surface area contributed by atoms with Crippen LogP contribution in [0.15, 0.2) is 0 Å². The Labute approximate surface area is 65.1 Å². The minimum Gasteiger partial charge on any atom is -0.283 e. The number of aromatic nitrogens is 3. The van der Waals surface area contributed by atoms with Gasteiger partial charge in [0.05, 0.1) is 0 Å². The van der Waals surface area contributed by atoms with Crippen LogP contribution in [0.5, 0.6) is 0 Å². The molecule has 0 saturated carbocycles. The van der Waals surface area contributed by atoms with Crippen LogP contribution in [0.25, 0.3) is 0 Å². The second kappa shape index (κ2) is 2.96. The Morgan fingerprint density at radius 1 is 1.70 bits per heavy atom. The third kappa shape index (κ3) is 1.44. The van der Waals surface area contributed by atoms with Crippen LogP contribution in [-0.2, 0) is 13.5 Å². The minimum atomic E-state index is 0.628. The molecule has 0 atom stereocenters. The minimum absolute atomic E-state index is 0.628. The second-order valence-electron chi connectivity index (χ2n) is 2.26. The van der Waals surface area contributed by atoms with Crippen molar-refractivity contribution in [3.8, 4) is 0 Å². The number of nitrogens with zero attached hydrogens (tertiary/aromatic N) is 2. The lowest BCUT2D eigenvalue weighted by molar-refractivity contribution is 0.726. The van der Waals surface area contributed by atoms with Crippen molar-refractivity contribution < 1.29 is 0 Å². The highest BCUT2D eigenvalue weighted by Crippen LogP contribution is 1.94. The first kappa shape index (κ1) is 7.47. The van der Waals surface area contributed by atoms with Crippen LogP contribution < -0.4 is 0 Å². The van der Waals surface area contributed by atoms with Gasteiger partial charge in [0.1, 0.15) is 5.82 Å². The first-order valence-electron chi connectivity index (χ1n) is 3.36. The maximum absolute atomic E-state index is 4.91. The number of hydrogen-bond acceptors (Lipinski definition) is 2. The smallest absolute Gasteiger partial charge is 0.215 e. The van der Waals surface area contributed by atoms with E-state index in [0.29, 0.717) is 4.77 Å². The normalized spacial score (nSPS) is 10.2. The number of rotatable bonds is 2. The maximum atomic E-state index is 4.91. The number of hydrogen-bond donors (Lipinski definition) is 1. The van der Waals surface area contributed by atoms with Gasteiger partial charge in [-0.1, -0.05) is 6.92 Å². The predicted molar refractivity (Wildman–Crippen MR) is 42.4 cm³/mol. The molecular weight excluding hydrogens is 146 g/mol. The molecule has 0 aliphatic carbocycles. The van der Waals surface area contributed by atoms with Crippen LogP contribution in [0.4, 0.5) is 0 Å². The van der Waals surface area contributed by atoms with Crippen molar-refractivity contribution >= 4 is 12.2 Å². The lowest BCUT2D eigenvalue weighted by Gasteiger charge is -1.88. The van der Waals surface area contributed by atoms with E-state index in [1.54, 1.807) is 4.68 Å². The standard InChI is InChI=1S/C6H11N3S/c1-3-4-5-7-6(10)9(2)8-5/h3-4H2,1-2H3,(H,7,8,10). The van der Waals surface area contributed by atoms with E-state index in [2.05, 4.69) is 17.0 Å². The molecule has 1 heterocycles. The largest absolute Gasteiger partial charge is 0.283 e. The van der Waals surface area contributed by atoms with Crippen molar-refractivity contribution in [1.82, 2.24) is 14.8 Å². The average Bonchev–Trinajstić information content (AvgIpc) is 2.14. The van der Waals surface area contributed by atoms with Crippen LogP contribution in [0.3, 0.4) is 0 Å². The van der Waals surface area contributed by atoms with Gasteiger partial charge in [0.15, 0.2) is 0 Å². The summed E-state index contributed by atoms with van der Waals surface area (Å²) < 4.78 is 2.38. The summed E-state index contributed by atoms with van der Waals surface area (Å²) in [6.07, 6.45) is 2.08. The zero-order valence-corrected chi connectivity index (χ0v) is 7.03. The molecule has 3 nitrogen and oxygen atoms in total. The molecular formula is C6H11N3S. The van der Waals surface area contributed by atoms with Crippen molar-refractivity contribution in [2.75, 3.05) is 0 Å². The molecule has 0 radical (unpaired) electrons. The molecule has 1 N–H and O–H groups in total. The molecule has 0 aliphatic heterocycles. The van der Waals surface area contributed by atoms with Gasteiger partial charge in [-0.2, -0.15) is 0 Å². The van der Waals surface area contributed by atoms with Crippen LogP contribution in [-0.4, -0.2) is 14.8 Å². The van der Waals surface area contributed by atoms with Gasteiger partial charge in [0.25, 0.3) is 0 Å². The highest BCUT2D eigenvalue weighted by Gasteiger charge is 1.95. The van der Waals surface area contributed by atoms with Gasteiger partial charge in [0.2, 0.25) is 4.77 Å². The van der Waals surface area contributed by atoms with E-state index in [0.717, 1.165) is 18.7 Å². The molecule has 0 unspecified atom stereocenters. The number of nitrogens with one attached hydrogen (secondary N) is 1. The van der Waals surface area contributed by atoms with E-state index in [1.165, 1.54) is 0 Å². The summed E-state index contributed by atoms with van der Waals surface area (Å²) in [5, 5.41) is 3.05. The third-order valence-electron chi connectivity index (χ3n) is 1.30. The lowest BCUT2D eigenvalue weighted by atomic mass is 10.3. The summed E-state index contributed by atoms with van der Waals surface area (Å²) >= 11 is 4.91. The van der Waals surface area contributed by atoms with Crippen LogP contribution in [0.2, 0.25) is 0 Å². The Kier molecular flexibility index (Phi) is 2.21. The predicted octanol–water partition coefficient (Wildman–Crippen LogP) is 1.43. The van der Waals surface area contributed by atoms with E-state index in [-0.39, 0.29) is 0 Å². The molecule has 0 aromatic carbocycles. The first-order valence-corrected chi connectivity index (χ1v) is 3.76. The summed E-state index contributed by atoms with van der Waals surface area (Å²) in [5.41, 5.74) is 0. The molecule has 4 heteroatoms. The Balaban J connectivity index is 2.88. The Bertz CT molecular complexity index is 260. The number of aromatic amines is 1. The summed E-state index contributed by atoms with van der Waals surface area (Å²) in [6.45, 7) is 2.12. The Hall–Kier alpha value is -0.640. The zero-order chi connectivity index (χ0) is 7.56. The van der Waals surface area contributed by atoms with Crippen LogP contribution in [0, 0.1) is 4.77 Å². The van der Waals surface area contributed by atoms with Crippen molar-refractivity contribution in [2.45, 2.75) is 19.8 Å². The summed E-state index contributed by atoms with van der Waals surface area (Å²) in [7, 11) is 1.87. The lowest BCUT2D eigenvalue weighted by Crippen LogP contribution is -1.91. The van der Waals surface area contributed by atoms with E-state index >= 15 is 0 Å². The fourth-order valence-corrected chi connectivity index (χ4v) is 0.961. The third-order valence-corrected chi connectivity index (χ3v) is 1.67. The van der Waals surface area contributed by atoms with E-state index in [4.69, 9.17) is 12.2 Å². The van der Waals surface area contributed by atoms with Crippen molar-refractivity contribution in [3.63, 3.8) is 0 Å². The molecule has 56 valence electrons. The quantitative estimate of drug-likeness (QED) is 0.659. The van der Waals surface area contributed by atoms with E-state index < -0.39 is 0 Å². The monoisotopic (exact) mass is 157 g/mol. The van der Waals surface area contributed by atoms with Crippen molar-refractivity contribution in [1.29, 1.82) is 0 Å². The number of H-pyrrole nitrogens is 1. The van der Waals surface area contributed by atoms with Crippen molar-refractivity contribution in [2.24, 2.45) is 7.05 Å². The number of aryl methyl sites for hydroxylation is 2. The van der Waals surface area contributed by atoms with Gasteiger partial charge in [-0.3, -0.25) is 9.78 Å². The van der Waals surface area contributed by atoms with Gasteiger partial charge in [-0.05, 0) is 18.6 Å². The topological polar surface area (TPSA) is 33.6 Å². The molecule has 0 saturated heterocycles. The molecule has 1 rings (SSSR count). The van der Waals surface area contributed by atoms with Gasteiger partial charge < -0.3 is 0 Å². The molecule has 0 bridgehead atoms. The molecule has 1 aromatic heterocycles. The van der Waals surface area contributed by atoms with Gasteiger partial charge >= 0.3 is 0 Å². The molecule has 0 aliphatic rings. The zero-order valence-electron chi connectivity index (χ0n) is 6.22. The Morgan fingerprint density at radius 3 is 2.80 bits per heavy atom. The fourth-order valence-electron chi connectivity index (χ4n) is 0.805. The first-order chi connectivity index (χ1) is 4.74. The second-order valence-corrected chi connectivity index (χ2v) is 2.63. The van der Waals surface area contributed by atoms with Crippen molar-refractivity contribution in [3.05, 3.63) is 10.6 Å². The van der Waals surface area contributed by atoms with Gasteiger partial charge in [-0.15, -0.1) is 0 Å². The summed E-state index contributed by atoms with van der Waals surface area (Å²) in [6, 6.07) is 0. The fraction of sp³-hybridized carbons (Fsp3) is 0.667. The summed E-state index contributed by atoms with van der Waals surface area (Å²) in [5.74, 6) is 0.981. The van der Waals surface area contributed by atoms with E-state index in [9.17, 15) is 0 Å². The Morgan fingerprint density at radius 2 is 2.40 bits per heavy atom. The van der Waals surface area contributed by atoms with Crippen LogP contribution >= 0.6 is 12.2 Å². The highest BCUT2D eigenvalue weighted by atomic mass is 32.1. The summed E-state index contributed by atoms with van der Waals surface area (Å²) in [4.78, 5) is 4.12.